The van der Waals surface area contributed by atoms with E-state index in [4.69, 9.17) is 23.7 Å². The maximum absolute atomic E-state index is 13.0. The summed E-state index contributed by atoms with van der Waals surface area (Å²) in [6, 6.07) is 36.8. The van der Waals surface area contributed by atoms with Crippen LogP contribution in [0.5, 0.6) is 0 Å². The maximum Gasteiger partial charge on any atom is 0.319 e. The van der Waals surface area contributed by atoms with Gasteiger partial charge in [0.25, 0.3) is 6.04 Å². The van der Waals surface area contributed by atoms with Crippen molar-refractivity contribution in [2.24, 2.45) is 0 Å². The smallest absolute Gasteiger partial charge is 0.319 e. The third-order valence-corrected chi connectivity index (χ3v) is 7.99. The fraction of sp³-hybridized carbons (Fsp3) is 0.324. The van der Waals surface area contributed by atoms with Gasteiger partial charge < -0.3 is 23.7 Å². The van der Waals surface area contributed by atoms with E-state index in [0.717, 1.165) is 22.3 Å². The summed E-state index contributed by atoms with van der Waals surface area (Å²) in [7, 11) is 1.29. The molecule has 0 amide bonds. The third kappa shape index (κ3) is 9.77. The molecule has 4 aromatic rings. The van der Waals surface area contributed by atoms with E-state index in [0.29, 0.717) is 6.61 Å². The molecule has 0 spiro atoms. The number of carbonyl (C=O) groups excluding carboxylic acids is 1. The minimum absolute atomic E-state index is 0.0673. The van der Waals surface area contributed by atoms with Gasteiger partial charge >= 0.3 is 5.97 Å². The zero-order valence-electron chi connectivity index (χ0n) is 26.3. The predicted molar refractivity (Wildman–Crippen MR) is 174 cm³/mol. The Kier molecular flexibility index (Phi) is 12.6. The summed E-state index contributed by atoms with van der Waals surface area (Å²) in [4.78, 5) is 27.0. The lowest BCUT2D eigenvalue weighted by molar-refractivity contribution is -0.569. The van der Waals surface area contributed by atoms with Crippen LogP contribution >= 0.6 is 0 Å². The highest BCUT2D eigenvalue weighted by molar-refractivity contribution is 5.71. The highest BCUT2D eigenvalue weighted by atomic mass is 16.7. The number of hydrogen-bond acceptors (Lipinski definition) is 9. The molecule has 0 radical (unpaired) electrons. The van der Waals surface area contributed by atoms with Gasteiger partial charge in [-0.3, -0.25) is 19.8 Å². The van der Waals surface area contributed by atoms with E-state index >= 15 is 0 Å². The molecule has 4 aromatic carbocycles. The molecule has 0 N–H and O–H groups in total. The Labute approximate surface area is 274 Å². The summed E-state index contributed by atoms with van der Waals surface area (Å²) in [6.45, 7) is 0.627. The van der Waals surface area contributed by atoms with Gasteiger partial charge in [-0.2, -0.15) is 0 Å². The Morgan fingerprint density at radius 1 is 0.723 bits per heavy atom. The monoisotopic (exact) mass is 640 g/mol. The SMILES string of the molecule is COC(=O)CN(Cc1ccccc1)[C@@H]1O[C@H](COCc2ccccc2)[C@@H](OCc2ccccc2)[C@H](OCc2ccccc2)[C@H]1[N+](=O)[O-]. The predicted octanol–water partition coefficient (Wildman–Crippen LogP) is 5.42. The summed E-state index contributed by atoms with van der Waals surface area (Å²) in [5, 5.41) is 13.0. The quantitative estimate of drug-likeness (QED) is 0.0901. The van der Waals surface area contributed by atoms with Gasteiger partial charge in [-0.15, -0.1) is 0 Å². The van der Waals surface area contributed by atoms with Gasteiger partial charge in [0, 0.05) is 11.5 Å². The van der Waals surface area contributed by atoms with E-state index in [2.05, 4.69) is 0 Å². The Balaban J connectivity index is 1.50. The summed E-state index contributed by atoms with van der Waals surface area (Å²) < 4.78 is 30.7. The number of carbonyl (C=O) groups is 1. The lowest BCUT2D eigenvalue weighted by Gasteiger charge is -2.45. The van der Waals surface area contributed by atoms with Crippen molar-refractivity contribution in [2.45, 2.75) is 56.9 Å². The third-order valence-electron chi connectivity index (χ3n) is 7.99. The maximum atomic E-state index is 13.0. The molecule has 0 unspecified atom stereocenters. The van der Waals surface area contributed by atoms with Crippen LogP contribution in [0.15, 0.2) is 121 Å². The number of nitro groups is 1. The lowest BCUT2D eigenvalue weighted by Crippen LogP contribution is -2.67. The van der Waals surface area contributed by atoms with Crippen LogP contribution in [-0.4, -0.2) is 66.6 Å². The molecule has 10 heteroatoms. The van der Waals surface area contributed by atoms with E-state index in [1.54, 1.807) is 4.90 Å². The highest BCUT2D eigenvalue weighted by Gasteiger charge is 2.56. The van der Waals surface area contributed by atoms with Gasteiger partial charge in [0.1, 0.15) is 12.2 Å². The zero-order chi connectivity index (χ0) is 32.8. The molecule has 1 aliphatic rings. The van der Waals surface area contributed by atoms with Gasteiger partial charge in [0.2, 0.25) is 0 Å². The Hall–Kier alpha value is -4.45. The standard InChI is InChI=1S/C37H40N2O8/c1-43-33(40)23-38(22-28-14-6-2-7-15-28)37-34(39(41)42)36(46-26-31-20-12-5-13-21-31)35(45-25-30-18-10-4-11-19-30)32(47-37)27-44-24-29-16-8-3-9-17-29/h2-21,32,34-37H,22-27H2,1H3/t32-,34-,35-,36-,37-/m1/s1. The molecule has 0 aliphatic carbocycles. The number of hydrogen-bond donors (Lipinski definition) is 0. The van der Waals surface area contributed by atoms with Crippen LogP contribution < -0.4 is 0 Å². The van der Waals surface area contributed by atoms with Crippen molar-refractivity contribution in [1.82, 2.24) is 4.90 Å². The fourth-order valence-corrected chi connectivity index (χ4v) is 5.65. The first-order chi connectivity index (χ1) is 23.0. The molecule has 47 heavy (non-hydrogen) atoms. The molecule has 1 aliphatic heterocycles. The molecule has 5 atom stereocenters. The van der Waals surface area contributed by atoms with Crippen LogP contribution in [0, 0.1) is 10.1 Å². The van der Waals surface area contributed by atoms with E-state index in [-0.39, 0.29) is 32.9 Å². The molecule has 1 fully saturated rings. The van der Waals surface area contributed by atoms with E-state index in [1.807, 2.05) is 121 Å². The van der Waals surface area contributed by atoms with Crippen LogP contribution in [0.2, 0.25) is 0 Å². The molecule has 246 valence electrons. The fourth-order valence-electron chi connectivity index (χ4n) is 5.65. The van der Waals surface area contributed by atoms with Crippen molar-refractivity contribution in [1.29, 1.82) is 0 Å². The Morgan fingerprint density at radius 2 is 1.19 bits per heavy atom. The van der Waals surface area contributed by atoms with Crippen molar-refractivity contribution in [3.05, 3.63) is 154 Å². The van der Waals surface area contributed by atoms with Gasteiger partial charge in [-0.25, -0.2) is 0 Å². The van der Waals surface area contributed by atoms with Gasteiger partial charge in [0.15, 0.2) is 12.3 Å². The number of esters is 1. The summed E-state index contributed by atoms with van der Waals surface area (Å²) in [5.74, 6) is -0.548. The van der Waals surface area contributed by atoms with Crippen LogP contribution in [0.25, 0.3) is 0 Å². The highest BCUT2D eigenvalue weighted by Crippen LogP contribution is 2.32. The van der Waals surface area contributed by atoms with Gasteiger partial charge in [-0.1, -0.05) is 121 Å². The van der Waals surface area contributed by atoms with Crippen molar-refractivity contribution >= 4 is 5.97 Å². The average Bonchev–Trinajstić information content (AvgIpc) is 3.11. The molecular weight excluding hydrogens is 600 g/mol. The first kappa shape index (κ1) is 33.9. The van der Waals surface area contributed by atoms with Crippen molar-refractivity contribution in [3.8, 4) is 0 Å². The number of ether oxygens (including phenoxy) is 5. The first-order valence-electron chi connectivity index (χ1n) is 15.6. The lowest BCUT2D eigenvalue weighted by atomic mass is 9.94. The number of methoxy groups -OCH3 is 1. The van der Waals surface area contributed by atoms with Crippen molar-refractivity contribution < 1.29 is 33.4 Å². The van der Waals surface area contributed by atoms with E-state index in [1.165, 1.54) is 7.11 Å². The topological polar surface area (TPSA) is 110 Å². The first-order valence-corrected chi connectivity index (χ1v) is 15.6. The van der Waals surface area contributed by atoms with E-state index in [9.17, 15) is 14.9 Å². The van der Waals surface area contributed by atoms with Crippen LogP contribution in [0.3, 0.4) is 0 Å². The minimum atomic E-state index is -1.42. The summed E-state index contributed by atoms with van der Waals surface area (Å²) in [6.07, 6.45) is -3.89. The molecule has 10 nitrogen and oxygen atoms in total. The molecule has 1 heterocycles. The van der Waals surface area contributed by atoms with Crippen LogP contribution in [0.1, 0.15) is 22.3 Å². The second-order valence-electron chi connectivity index (χ2n) is 11.3. The zero-order valence-corrected chi connectivity index (χ0v) is 26.3. The van der Waals surface area contributed by atoms with Crippen LogP contribution in [0.4, 0.5) is 0 Å². The number of benzene rings is 4. The molecule has 0 aromatic heterocycles. The molecule has 5 rings (SSSR count). The molecular formula is C37H40N2O8. The normalized spacial score (nSPS) is 20.9. The second-order valence-corrected chi connectivity index (χ2v) is 11.3. The summed E-state index contributed by atoms with van der Waals surface area (Å²) >= 11 is 0. The average molecular weight is 641 g/mol. The van der Waals surface area contributed by atoms with E-state index < -0.39 is 41.5 Å². The van der Waals surface area contributed by atoms with Crippen LogP contribution in [-0.2, 0) is 54.8 Å². The molecule has 1 saturated heterocycles. The Morgan fingerprint density at radius 3 is 1.68 bits per heavy atom. The Bertz CT molecular complexity index is 1510. The van der Waals surface area contributed by atoms with Gasteiger partial charge in [-0.05, 0) is 22.3 Å². The van der Waals surface area contributed by atoms with Crippen molar-refractivity contribution in [3.63, 3.8) is 0 Å². The summed E-state index contributed by atoms with van der Waals surface area (Å²) in [5.41, 5.74) is 3.57. The second kappa shape index (κ2) is 17.5. The molecule has 0 saturated carbocycles. The van der Waals surface area contributed by atoms with Gasteiger partial charge in [0.05, 0.1) is 40.1 Å². The minimum Gasteiger partial charge on any atom is -0.468 e. The van der Waals surface area contributed by atoms with Crippen molar-refractivity contribution in [2.75, 3.05) is 20.3 Å². The largest absolute Gasteiger partial charge is 0.468 e. The number of nitrogens with zero attached hydrogens (tertiary/aromatic N) is 2. The number of rotatable bonds is 16. The molecule has 0 bridgehead atoms.